The van der Waals surface area contributed by atoms with Gasteiger partial charge in [-0.05, 0) is 46.7 Å². The summed E-state index contributed by atoms with van der Waals surface area (Å²) in [5.41, 5.74) is 1.49. The van der Waals surface area contributed by atoms with Crippen LogP contribution in [0.25, 0.3) is 11.6 Å². The van der Waals surface area contributed by atoms with Gasteiger partial charge >= 0.3 is 5.97 Å². The third kappa shape index (κ3) is 4.32. The molecule has 0 N–H and O–H groups in total. The largest absolute Gasteiger partial charge is 0.457 e. The lowest BCUT2D eigenvalue weighted by Gasteiger charge is -2.07. The number of carbonyl (C=O) groups excluding carboxylic acids is 1. The van der Waals surface area contributed by atoms with Crippen molar-refractivity contribution in [1.82, 2.24) is 0 Å². The number of halogens is 1. The number of hydrogen-bond donors (Lipinski definition) is 0. The molecule has 2 heterocycles. The average Bonchev–Trinajstić information content (AvgIpc) is 3.25. The molecule has 0 aliphatic heterocycles. The first-order valence-corrected chi connectivity index (χ1v) is 9.07. The molecule has 0 aliphatic rings. The van der Waals surface area contributed by atoms with Crippen molar-refractivity contribution in [3.63, 3.8) is 0 Å². The van der Waals surface area contributed by atoms with E-state index in [9.17, 15) is 4.79 Å². The van der Waals surface area contributed by atoms with Crippen LogP contribution in [0.4, 0.5) is 0 Å². The molecular weight excluding hydrogens is 348 g/mol. The molecule has 23 heavy (non-hydrogen) atoms. The van der Waals surface area contributed by atoms with Gasteiger partial charge in [0.05, 0.1) is 5.57 Å². The summed E-state index contributed by atoms with van der Waals surface area (Å²) in [7, 11) is 0. The minimum atomic E-state index is -0.323. The van der Waals surface area contributed by atoms with Crippen LogP contribution in [0.1, 0.15) is 15.3 Å². The molecule has 3 rings (SSSR count). The van der Waals surface area contributed by atoms with Crippen LogP contribution in [0, 0.1) is 0 Å². The Balaban J connectivity index is 1.77. The van der Waals surface area contributed by atoms with E-state index in [4.69, 9.17) is 16.3 Å². The molecule has 2 aromatic heterocycles. The van der Waals surface area contributed by atoms with Crippen molar-refractivity contribution in [1.29, 1.82) is 0 Å². The summed E-state index contributed by atoms with van der Waals surface area (Å²) < 4.78 is 5.46. The van der Waals surface area contributed by atoms with Gasteiger partial charge < -0.3 is 4.74 Å². The molecule has 5 heteroatoms. The number of benzene rings is 1. The van der Waals surface area contributed by atoms with Gasteiger partial charge in [-0.25, -0.2) is 4.79 Å². The Morgan fingerprint density at radius 2 is 1.78 bits per heavy atom. The number of esters is 1. The first-order valence-electron chi connectivity index (χ1n) is 6.93. The van der Waals surface area contributed by atoms with Crippen LogP contribution in [-0.4, -0.2) is 5.97 Å². The van der Waals surface area contributed by atoms with Crippen LogP contribution < -0.4 is 0 Å². The minimum Gasteiger partial charge on any atom is -0.457 e. The third-order valence-electron chi connectivity index (χ3n) is 3.12. The molecule has 0 spiro atoms. The van der Waals surface area contributed by atoms with Crippen molar-refractivity contribution in [2.75, 3.05) is 0 Å². The van der Waals surface area contributed by atoms with Gasteiger partial charge in [-0.3, -0.25) is 0 Å². The lowest BCUT2D eigenvalue weighted by atomic mass is 10.2. The molecule has 0 atom stereocenters. The van der Waals surface area contributed by atoms with Crippen LogP contribution in [0.5, 0.6) is 0 Å². The number of carbonyl (C=O) groups is 1. The fraction of sp³-hybridized carbons (Fsp3) is 0.0556. The summed E-state index contributed by atoms with van der Waals surface area (Å²) in [5.74, 6) is -0.323. The van der Waals surface area contributed by atoms with Crippen LogP contribution in [0.15, 0.2) is 59.3 Å². The van der Waals surface area contributed by atoms with Crippen molar-refractivity contribution in [3.05, 3.63) is 79.6 Å². The highest BCUT2D eigenvalue weighted by molar-refractivity contribution is 7.12. The Kier molecular flexibility index (Phi) is 5.28. The summed E-state index contributed by atoms with van der Waals surface area (Å²) in [6.07, 6.45) is 1.88. The van der Waals surface area contributed by atoms with E-state index in [2.05, 4.69) is 0 Å². The van der Waals surface area contributed by atoms with E-state index < -0.39 is 0 Å². The highest BCUT2D eigenvalue weighted by Crippen LogP contribution is 2.26. The number of hydrogen-bond acceptors (Lipinski definition) is 4. The highest BCUT2D eigenvalue weighted by Gasteiger charge is 2.15. The monoisotopic (exact) mass is 360 g/mol. The van der Waals surface area contributed by atoms with E-state index in [1.54, 1.807) is 23.5 Å². The van der Waals surface area contributed by atoms with E-state index in [1.165, 1.54) is 11.3 Å². The summed E-state index contributed by atoms with van der Waals surface area (Å²) in [6.45, 7) is 0.225. The van der Waals surface area contributed by atoms with Crippen LogP contribution >= 0.6 is 34.3 Å². The fourth-order valence-electron chi connectivity index (χ4n) is 1.99. The van der Waals surface area contributed by atoms with E-state index in [0.29, 0.717) is 10.6 Å². The van der Waals surface area contributed by atoms with Crippen molar-refractivity contribution < 1.29 is 9.53 Å². The molecule has 0 amide bonds. The van der Waals surface area contributed by atoms with E-state index in [1.807, 2.05) is 53.2 Å². The first kappa shape index (κ1) is 16.0. The van der Waals surface area contributed by atoms with Crippen LogP contribution in [-0.2, 0) is 16.1 Å². The molecule has 0 unspecified atom stereocenters. The molecule has 0 fully saturated rings. The van der Waals surface area contributed by atoms with Gasteiger partial charge in [0.1, 0.15) is 6.61 Å². The molecule has 2 nitrogen and oxygen atoms in total. The smallest absolute Gasteiger partial charge is 0.339 e. The molecule has 1 aromatic carbocycles. The molecule has 0 aliphatic carbocycles. The second-order valence-electron chi connectivity index (χ2n) is 4.75. The van der Waals surface area contributed by atoms with Crippen molar-refractivity contribution in [2.45, 2.75) is 6.61 Å². The van der Waals surface area contributed by atoms with E-state index >= 15 is 0 Å². The molecule has 116 valence electrons. The van der Waals surface area contributed by atoms with Gasteiger partial charge in [0, 0.05) is 14.8 Å². The summed E-state index contributed by atoms with van der Waals surface area (Å²) >= 11 is 8.97. The first-order chi connectivity index (χ1) is 11.2. The Bertz CT molecular complexity index is 788. The fourth-order valence-corrected chi connectivity index (χ4v) is 3.50. The Morgan fingerprint density at radius 1 is 1.04 bits per heavy atom. The predicted octanol–water partition coefficient (Wildman–Crippen LogP) is 5.75. The zero-order chi connectivity index (χ0) is 16.1. The lowest BCUT2D eigenvalue weighted by molar-refractivity contribution is -0.137. The van der Waals surface area contributed by atoms with Crippen molar-refractivity contribution in [2.24, 2.45) is 0 Å². The zero-order valence-corrected chi connectivity index (χ0v) is 14.5. The Hall–Kier alpha value is -1.88. The molecule has 3 aromatic rings. The summed E-state index contributed by atoms with van der Waals surface area (Å²) in [6, 6.07) is 15.1. The third-order valence-corrected chi connectivity index (χ3v) is 5.09. The zero-order valence-electron chi connectivity index (χ0n) is 12.1. The van der Waals surface area contributed by atoms with E-state index in [-0.39, 0.29) is 12.6 Å². The van der Waals surface area contributed by atoms with Gasteiger partial charge in [0.15, 0.2) is 0 Å². The van der Waals surface area contributed by atoms with Crippen molar-refractivity contribution >= 4 is 51.9 Å². The van der Waals surface area contributed by atoms with Gasteiger partial charge in [-0.2, -0.15) is 0 Å². The summed E-state index contributed by atoms with van der Waals surface area (Å²) in [5, 5.41) is 4.60. The van der Waals surface area contributed by atoms with Gasteiger partial charge in [0.25, 0.3) is 0 Å². The molecular formula is C18H13ClO2S2. The number of ether oxygens (including phenoxy) is 1. The SMILES string of the molecule is O=C(OCc1ccc(Cl)cc1)C(=Cc1cccs1)c1cccs1. The maximum absolute atomic E-state index is 12.5. The second-order valence-corrected chi connectivity index (χ2v) is 7.12. The topological polar surface area (TPSA) is 26.3 Å². The van der Waals surface area contributed by atoms with Gasteiger partial charge in [0.2, 0.25) is 0 Å². The normalized spacial score (nSPS) is 11.4. The maximum Gasteiger partial charge on any atom is 0.339 e. The molecule has 0 radical (unpaired) electrons. The van der Waals surface area contributed by atoms with Gasteiger partial charge in [-0.1, -0.05) is 35.9 Å². The Morgan fingerprint density at radius 3 is 2.43 bits per heavy atom. The maximum atomic E-state index is 12.5. The van der Waals surface area contributed by atoms with E-state index in [0.717, 1.165) is 15.3 Å². The second kappa shape index (κ2) is 7.59. The Labute approximate surface area is 147 Å². The molecule has 0 saturated heterocycles. The highest BCUT2D eigenvalue weighted by atomic mass is 35.5. The molecule has 0 saturated carbocycles. The van der Waals surface area contributed by atoms with Gasteiger partial charge in [-0.15, -0.1) is 22.7 Å². The average molecular weight is 361 g/mol. The number of rotatable bonds is 5. The minimum absolute atomic E-state index is 0.225. The quantitative estimate of drug-likeness (QED) is 0.428. The summed E-state index contributed by atoms with van der Waals surface area (Å²) in [4.78, 5) is 14.4. The van der Waals surface area contributed by atoms with Crippen molar-refractivity contribution in [3.8, 4) is 0 Å². The van der Waals surface area contributed by atoms with Crippen LogP contribution in [0.2, 0.25) is 5.02 Å². The lowest BCUT2D eigenvalue weighted by Crippen LogP contribution is -2.06. The number of thiophene rings is 2. The molecule has 0 bridgehead atoms. The predicted molar refractivity (Wildman–Crippen MR) is 97.8 cm³/mol. The van der Waals surface area contributed by atoms with Crippen LogP contribution in [0.3, 0.4) is 0 Å². The standard InChI is InChI=1S/C18H13ClO2S2/c19-14-7-5-13(6-8-14)12-21-18(20)16(17-4-2-10-23-17)11-15-3-1-9-22-15/h1-11H,12H2.